The summed E-state index contributed by atoms with van der Waals surface area (Å²) in [5, 5.41) is 0. The van der Waals surface area contributed by atoms with Crippen LogP contribution in [0.1, 0.15) is 33.1 Å². The summed E-state index contributed by atoms with van der Waals surface area (Å²) in [6.07, 6.45) is 7.84. The highest BCUT2D eigenvalue weighted by Crippen LogP contribution is 2.27. The van der Waals surface area contributed by atoms with E-state index in [1.165, 1.54) is 19.3 Å². The SMILES string of the molecule is C=C(C1C=CCCC1)C(OCC)OCC. The Labute approximate surface area is 93.0 Å². The molecule has 15 heavy (non-hydrogen) atoms. The smallest absolute Gasteiger partial charge is 0.180 e. The Morgan fingerprint density at radius 1 is 1.40 bits per heavy atom. The Morgan fingerprint density at radius 2 is 2.07 bits per heavy atom. The quantitative estimate of drug-likeness (QED) is 0.494. The first-order valence-electron chi connectivity index (χ1n) is 5.88. The van der Waals surface area contributed by atoms with E-state index in [1.54, 1.807) is 0 Å². The van der Waals surface area contributed by atoms with Gasteiger partial charge >= 0.3 is 0 Å². The molecule has 86 valence electrons. The van der Waals surface area contributed by atoms with E-state index in [-0.39, 0.29) is 6.29 Å². The second-order valence-corrected chi connectivity index (χ2v) is 3.78. The van der Waals surface area contributed by atoms with Gasteiger partial charge in [0.1, 0.15) is 0 Å². The minimum atomic E-state index is -0.229. The average molecular weight is 210 g/mol. The first-order chi connectivity index (χ1) is 7.29. The maximum absolute atomic E-state index is 5.54. The fourth-order valence-electron chi connectivity index (χ4n) is 1.86. The van der Waals surface area contributed by atoms with Crippen LogP contribution in [0.15, 0.2) is 24.3 Å². The van der Waals surface area contributed by atoms with E-state index in [0.717, 1.165) is 5.57 Å². The lowest BCUT2D eigenvalue weighted by atomic mass is 9.89. The van der Waals surface area contributed by atoms with Crippen LogP contribution in [0, 0.1) is 5.92 Å². The fraction of sp³-hybridized carbons (Fsp3) is 0.692. The van der Waals surface area contributed by atoms with Crippen molar-refractivity contribution in [3.8, 4) is 0 Å². The molecule has 2 nitrogen and oxygen atoms in total. The van der Waals surface area contributed by atoms with E-state index in [2.05, 4.69) is 18.7 Å². The zero-order chi connectivity index (χ0) is 11.1. The first-order valence-corrected chi connectivity index (χ1v) is 5.88. The number of rotatable bonds is 6. The molecule has 2 heteroatoms. The van der Waals surface area contributed by atoms with E-state index in [4.69, 9.17) is 9.47 Å². The molecule has 0 aromatic heterocycles. The summed E-state index contributed by atoms with van der Waals surface area (Å²) < 4.78 is 11.1. The molecule has 0 radical (unpaired) electrons. The molecule has 1 aliphatic rings. The van der Waals surface area contributed by atoms with Crippen LogP contribution >= 0.6 is 0 Å². The Morgan fingerprint density at radius 3 is 2.53 bits per heavy atom. The molecule has 0 amide bonds. The molecule has 1 unspecified atom stereocenters. The molecule has 0 aromatic carbocycles. The summed E-state index contributed by atoms with van der Waals surface area (Å²) in [7, 11) is 0. The van der Waals surface area contributed by atoms with Crippen LogP contribution < -0.4 is 0 Å². The van der Waals surface area contributed by atoms with Crippen molar-refractivity contribution in [2.45, 2.75) is 39.4 Å². The van der Waals surface area contributed by atoms with Gasteiger partial charge in [0.05, 0.1) is 0 Å². The molecule has 0 saturated heterocycles. The number of hydrogen-bond acceptors (Lipinski definition) is 2. The van der Waals surface area contributed by atoms with Crippen LogP contribution in [0.5, 0.6) is 0 Å². The molecule has 0 saturated carbocycles. The summed E-state index contributed by atoms with van der Waals surface area (Å²) >= 11 is 0. The Hall–Kier alpha value is -0.600. The molecular weight excluding hydrogens is 188 g/mol. The van der Waals surface area contributed by atoms with Crippen LogP contribution in [-0.4, -0.2) is 19.5 Å². The number of ether oxygens (including phenoxy) is 2. The van der Waals surface area contributed by atoms with Gasteiger partial charge in [-0.1, -0.05) is 18.7 Å². The van der Waals surface area contributed by atoms with E-state index >= 15 is 0 Å². The molecular formula is C13H22O2. The van der Waals surface area contributed by atoms with Gasteiger partial charge in [0.15, 0.2) is 6.29 Å². The Bertz CT molecular complexity index is 215. The fourth-order valence-corrected chi connectivity index (χ4v) is 1.86. The first kappa shape index (κ1) is 12.5. The van der Waals surface area contributed by atoms with Crippen molar-refractivity contribution >= 4 is 0 Å². The Kier molecular flexibility index (Phi) is 5.66. The van der Waals surface area contributed by atoms with Crippen LogP contribution in [0.25, 0.3) is 0 Å². The van der Waals surface area contributed by atoms with Gasteiger partial charge in [-0.15, -0.1) is 0 Å². The van der Waals surface area contributed by atoms with Crippen molar-refractivity contribution in [3.05, 3.63) is 24.3 Å². The topological polar surface area (TPSA) is 18.5 Å². The second-order valence-electron chi connectivity index (χ2n) is 3.78. The normalized spacial score (nSPS) is 20.9. The summed E-state index contributed by atoms with van der Waals surface area (Å²) in [5.74, 6) is 0.432. The van der Waals surface area contributed by atoms with E-state index in [1.807, 2.05) is 13.8 Å². The lowest BCUT2D eigenvalue weighted by molar-refractivity contribution is -0.114. The third kappa shape index (κ3) is 3.80. The van der Waals surface area contributed by atoms with Crippen molar-refractivity contribution in [3.63, 3.8) is 0 Å². The van der Waals surface area contributed by atoms with Gasteiger partial charge in [0.25, 0.3) is 0 Å². The van der Waals surface area contributed by atoms with Crippen molar-refractivity contribution in [1.29, 1.82) is 0 Å². The van der Waals surface area contributed by atoms with Gasteiger partial charge in [0.2, 0.25) is 0 Å². The second kappa shape index (κ2) is 6.81. The molecule has 1 rings (SSSR count). The predicted octanol–water partition coefficient (Wildman–Crippen LogP) is 3.30. The highest BCUT2D eigenvalue weighted by atomic mass is 16.7. The third-order valence-corrected chi connectivity index (χ3v) is 2.67. The zero-order valence-electron chi connectivity index (χ0n) is 9.87. The Balaban J connectivity index is 2.53. The van der Waals surface area contributed by atoms with Gasteiger partial charge in [-0.2, -0.15) is 0 Å². The minimum absolute atomic E-state index is 0.229. The number of hydrogen-bond donors (Lipinski definition) is 0. The summed E-state index contributed by atoms with van der Waals surface area (Å²) in [6.45, 7) is 9.41. The molecule has 0 N–H and O–H groups in total. The lowest BCUT2D eigenvalue weighted by Crippen LogP contribution is -2.24. The van der Waals surface area contributed by atoms with Gasteiger partial charge in [-0.05, 0) is 38.7 Å². The molecule has 0 fully saturated rings. The van der Waals surface area contributed by atoms with E-state index in [9.17, 15) is 0 Å². The summed E-state index contributed by atoms with van der Waals surface area (Å²) in [6, 6.07) is 0. The monoisotopic (exact) mass is 210 g/mol. The summed E-state index contributed by atoms with van der Waals surface area (Å²) in [4.78, 5) is 0. The molecule has 0 aromatic rings. The molecule has 0 heterocycles. The molecule has 0 bridgehead atoms. The van der Waals surface area contributed by atoms with Gasteiger partial charge in [0, 0.05) is 19.1 Å². The largest absolute Gasteiger partial charge is 0.349 e. The minimum Gasteiger partial charge on any atom is -0.349 e. The van der Waals surface area contributed by atoms with E-state index < -0.39 is 0 Å². The standard InChI is InChI=1S/C13H22O2/c1-4-14-13(15-5-2)11(3)12-9-7-6-8-10-12/h7,9,12-13H,3-6,8,10H2,1-2H3. The van der Waals surface area contributed by atoms with Crippen LogP contribution in [0.2, 0.25) is 0 Å². The number of allylic oxidation sites excluding steroid dienone is 2. The van der Waals surface area contributed by atoms with Crippen molar-refractivity contribution in [1.82, 2.24) is 0 Å². The van der Waals surface area contributed by atoms with Gasteiger partial charge in [-0.3, -0.25) is 0 Å². The third-order valence-electron chi connectivity index (χ3n) is 2.67. The molecule has 0 aliphatic heterocycles. The molecule has 1 atom stereocenters. The van der Waals surface area contributed by atoms with Crippen molar-refractivity contribution in [2.24, 2.45) is 5.92 Å². The maximum atomic E-state index is 5.54. The van der Waals surface area contributed by atoms with Gasteiger partial charge in [-0.25, -0.2) is 0 Å². The molecule has 1 aliphatic carbocycles. The van der Waals surface area contributed by atoms with Crippen LogP contribution in [0.4, 0.5) is 0 Å². The van der Waals surface area contributed by atoms with E-state index in [0.29, 0.717) is 19.1 Å². The summed E-state index contributed by atoms with van der Waals surface area (Å²) in [5.41, 5.74) is 1.06. The highest BCUT2D eigenvalue weighted by Gasteiger charge is 2.20. The predicted molar refractivity (Wildman–Crippen MR) is 62.7 cm³/mol. The van der Waals surface area contributed by atoms with Crippen LogP contribution in [-0.2, 0) is 9.47 Å². The van der Waals surface area contributed by atoms with Crippen molar-refractivity contribution < 1.29 is 9.47 Å². The highest BCUT2D eigenvalue weighted by molar-refractivity contribution is 5.14. The average Bonchev–Trinajstić information content (AvgIpc) is 2.29. The van der Waals surface area contributed by atoms with Gasteiger partial charge < -0.3 is 9.47 Å². The maximum Gasteiger partial charge on any atom is 0.180 e. The molecule has 0 spiro atoms. The van der Waals surface area contributed by atoms with Crippen molar-refractivity contribution in [2.75, 3.05) is 13.2 Å². The lowest BCUT2D eigenvalue weighted by Gasteiger charge is -2.26. The zero-order valence-corrected chi connectivity index (χ0v) is 9.87. The van der Waals surface area contributed by atoms with Crippen LogP contribution in [0.3, 0.4) is 0 Å².